The van der Waals surface area contributed by atoms with Crippen LogP contribution in [0, 0.1) is 12.3 Å². The Bertz CT molecular complexity index is 714. The van der Waals surface area contributed by atoms with E-state index >= 15 is 0 Å². The van der Waals surface area contributed by atoms with Gasteiger partial charge in [0.15, 0.2) is 0 Å². The van der Waals surface area contributed by atoms with Gasteiger partial charge >= 0.3 is 0 Å². The van der Waals surface area contributed by atoms with E-state index in [9.17, 15) is 4.79 Å². The van der Waals surface area contributed by atoms with Crippen molar-refractivity contribution in [2.75, 3.05) is 0 Å². The highest BCUT2D eigenvalue weighted by molar-refractivity contribution is 5.77. The van der Waals surface area contributed by atoms with Gasteiger partial charge in [-0.05, 0) is 29.5 Å². The van der Waals surface area contributed by atoms with Gasteiger partial charge in [0, 0.05) is 19.4 Å². The number of hydrogen-bond acceptors (Lipinski definition) is 1. The number of carbonyl (C=O) groups is 1. The van der Waals surface area contributed by atoms with Crippen LogP contribution in [0.15, 0.2) is 54.6 Å². The highest BCUT2D eigenvalue weighted by atomic mass is 16.2. The van der Waals surface area contributed by atoms with Gasteiger partial charge in [-0.2, -0.15) is 0 Å². The summed E-state index contributed by atoms with van der Waals surface area (Å²) in [7, 11) is 0. The van der Waals surface area contributed by atoms with Crippen LogP contribution < -0.4 is 0 Å². The van der Waals surface area contributed by atoms with E-state index in [-0.39, 0.29) is 11.9 Å². The van der Waals surface area contributed by atoms with E-state index in [4.69, 9.17) is 6.42 Å². The van der Waals surface area contributed by atoms with Gasteiger partial charge in [0.25, 0.3) is 0 Å². The fraction of sp³-hybridized carbons (Fsp3) is 0.286. The van der Waals surface area contributed by atoms with E-state index in [1.165, 1.54) is 16.7 Å². The summed E-state index contributed by atoms with van der Waals surface area (Å²) >= 11 is 0. The first-order valence-electron chi connectivity index (χ1n) is 8.14. The molecule has 0 saturated carbocycles. The second kappa shape index (κ2) is 7.15. The molecule has 2 aromatic carbocycles. The van der Waals surface area contributed by atoms with Gasteiger partial charge in [0.2, 0.25) is 5.91 Å². The summed E-state index contributed by atoms with van der Waals surface area (Å²) < 4.78 is 0. The van der Waals surface area contributed by atoms with Crippen molar-refractivity contribution in [3.8, 4) is 12.3 Å². The van der Waals surface area contributed by atoms with Crippen molar-refractivity contribution in [1.82, 2.24) is 4.90 Å². The van der Waals surface area contributed by atoms with Crippen molar-refractivity contribution in [1.29, 1.82) is 0 Å². The largest absolute Gasteiger partial charge is 0.331 e. The molecule has 1 amide bonds. The monoisotopic (exact) mass is 303 g/mol. The first-order chi connectivity index (χ1) is 11.3. The Morgan fingerprint density at radius 3 is 2.52 bits per heavy atom. The molecule has 1 aliphatic heterocycles. The van der Waals surface area contributed by atoms with E-state index in [0.717, 1.165) is 12.8 Å². The zero-order valence-electron chi connectivity index (χ0n) is 13.2. The number of terminal acetylenes is 1. The summed E-state index contributed by atoms with van der Waals surface area (Å²) in [5.41, 5.74) is 3.80. The van der Waals surface area contributed by atoms with Crippen LogP contribution in [-0.2, 0) is 17.8 Å². The van der Waals surface area contributed by atoms with Crippen molar-refractivity contribution in [2.45, 2.75) is 38.3 Å². The molecular formula is C21H21NO. The molecule has 1 aliphatic rings. The zero-order valence-corrected chi connectivity index (χ0v) is 13.2. The Hall–Kier alpha value is -2.53. The number of benzene rings is 2. The van der Waals surface area contributed by atoms with Crippen LogP contribution >= 0.6 is 0 Å². The summed E-state index contributed by atoms with van der Waals surface area (Å²) in [6.45, 7) is 0.685. The van der Waals surface area contributed by atoms with Crippen LogP contribution in [0.25, 0.3) is 0 Å². The topological polar surface area (TPSA) is 20.3 Å². The van der Waals surface area contributed by atoms with Crippen LogP contribution in [0.1, 0.15) is 42.0 Å². The number of amides is 1. The Morgan fingerprint density at radius 1 is 1.09 bits per heavy atom. The zero-order chi connectivity index (χ0) is 16.1. The van der Waals surface area contributed by atoms with E-state index in [1.807, 2.05) is 29.2 Å². The van der Waals surface area contributed by atoms with E-state index < -0.39 is 0 Å². The summed E-state index contributed by atoms with van der Waals surface area (Å²) in [4.78, 5) is 14.7. The average Bonchev–Trinajstić information content (AvgIpc) is 2.61. The van der Waals surface area contributed by atoms with Crippen LogP contribution in [0.3, 0.4) is 0 Å². The molecule has 2 aromatic rings. The molecule has 0 fully saturated rings. The van der Waals surface area contributed by atoms with Crippen molar-refractivity contribution >= 4 is 5.91 Å². The third-order valence-electron chi connectivity index (χ3n) is 4.47. The minimum absolute atomic E-state index is 0.115. The lowest BCUT2D eigenvalue weighted by molar-refractivity contribution is -0.135. The molecule has 0 bridgehead atoms. The fourth-order valence-corrected chi connectivity index (χ4v) is 3.24. The summed E-state index contributed by atoms with van der Waals surface area (Å²) in [5, 5.41) is 0. The normalized spacial score (nSPS) is 16.5. The smallest absolute Gasteiger partial charge is 0.223 e. The molecule has 3 rings (SSSR count). The summed E-state index contributed by atoms with van der Waals surface area (Å²) in [6, 6.07) is 18.8. The van der Waals surface area contributed by atoms with Crippen molar-refractivity contribution < 1.29 is 4.79 Å². The molecule has 0 spiro atoms. The molecule has 0 unspecified atom stereocenters. The maximum atomic E-state index is 12.7. The van der Waals surface area contributed by atoms with Crippen LogP contribution in [0.4, 0.5) is 0 Å². The molecule has 0 N–H and O–H groups in total. The highest BCUT2D eigenvalue weighted by Crippen LogP contribution is 2.33. The Morgan fingerprint density at radius 2 is 1.78 bits per heavy atom. The Labute approximate surface area is 138 Å². The predicted octanol–water partition coefficient (Wildman–Crippen LogP) is 4.12. The van der Waals surface area contributed by atoms with Crippen molar-refractivity contribution in [3.63, 3.8) is 0 Å². The summed E-state index contributed by atoms with van der Waals surface area (Å²) in [6.07, 6.45) is 8.12. The fourth-order valence-electron chi connectivity index (χ4n) is 3.24. The van der Waals surface area contributed by atoms with Crippen molar-refractivity contribution in [2.24, 2.45) is 0 Å². The average molecular weight is 303 g/mol. The molecule has 0 radical (unpaired) electrons. The van der Waals surface area contributed by atoms with Crippen LogP contribution in [0.5, 0.6) is 0 Å². The molecule has 1 heterocycles. The third-order valence-corrected chi connectivity index (χ3v) is 4.47. The molecule has 2 heteroatoms. The second-order valence-corrected chi connectivity index (χ2v) is 5.98. The predicted molar refractivity (Wildman–Crippen MR) is 92.6 cm³/mol. The van der Waals surface area contributed by atoms with Gasteiger partial charge in [-0.3, -0.25) is 4.79 Å². The van der Waals surface area contributed by atoms with Crippen LogP contribution in [-0.4, -0.2) is 10.8 Å². The van der Waals surface area contributed by atoms with Gasteiger partial charge in [-0.25, -0.2) is 0 Å². The summed E-state index contributed by atoms with van der Waals surface area (Å²) in [5.74, 6) is 2.81. The standard InChI is InChI=1S/C21H21NO/c1-2-3-5-14-21(23)22-16-19-13-9-8-12-18(19)15-20(22)17-10-6-4-7-11-17/h1,4,6-13,20H,3,5,14-16H2/t20-/m0/s1. The minimum atomic E-state index is 0.115. The molecule has 2 nitrogen and oxygen atoms in total. The number of rotatable bonds is 4. The maximum absolute atomic E-state index is 12.7. The minimum Gasteiger partial charge on any atom is -0.331 e. The quantitative estimate of drug-likeness (QED) is 0.614. The first-order valence-corrected chi connectivity index (χ1v) is 8.14. The SMILES string of the molecule is C#CCCCC(=O)N1Cc2ccccc2C[C@H]1c1ccccc1. The third kappa shape index (κ3) is 3.46. The molecular weight excluding hydrogens is 282 g/mol. The second-order valence-electron chi connectivity index (χ2n) is 5.98. The number of unbranched alkanes of at least 4 members (excludes halogenated alkanes) is 1. The van der Waals surface area contributed by atoms with Gasteiger partial charge in [0.05, 0.1) is 6.04 Å². The van der Waals surface area contributed by atoms with Gasteiger partial charge in [0.1, 0.15) is 0 Å². The van der Waals surface area contributed by atoms with Gasteiger partial charge in [-0.15, -0.1) is 12.3 Å². The Balaban J connectivity index is 1.87. The van der Waals surface area contributed by atoms with Gasteiger partial charge < -0.3 is 4.90 Å². The molecule has 1 atom stereocenters. The van der Waals surface area contributed by atoms with E-state index in [2.05, 4.69) is 36.3 Å². The Kier molecular flexibility index (Phi) is 4.78. The lowest BCUT2D eigenvalue weighted by Gasteiger charge is -2.37. The highest BCUT2D eigenvalue weighted by Gasteiger charge is 2.30. The van der Waals surface area contributed by atoms with E-state index in [0.29, 0.717) is 19.4 Å². The number of fused-ring (bicyclic) bond motifs is 1. The molecule has 0 aromatic heterocycles. The van der Waals surface area contributed by atoms with Gasteiger partial charge in [-0.1, -0.05) is 54.6 Å². The number of nitrogens with zero attached hydrogens (tertiary/aromatic N) is 1. The molecule has 0 saturated heterocycles. The molecule has 23 heavy (non-hydrogen) atoms. The number of carbonyl (C=O) groups excluding carboxylic acids is 1. The molecule has 116 valence electrons. The first kappa shape index (κ1) is 15.4. The lowest BCUT2D eigenvalue weighted by Crippen LogP contribution is -2.38. The maximum Gasteiger partial charge on any atom is 0.223 e. The number of hydrogen-bond donors (Lipinski definition) is 0. The van der Waals surface area contributed by atoms with Crippen molar-refractivity contribution in [3.05, 3.63) is 71.3 Å². The van der Waals surface area contributed by atoms with Crippen LogP contribution in [0.2, 0.25) is 0 Å². The van der Waals surface area contributed by atoms with E-state index in [1.54, 1.807) is 0 Å². The molecule has 0 aliphatic carbocycles. The lowest BCUT2D eigenvalue weighted by atomic mass is 9.89.